The molecule has 4 rings (SSSR count). The van der Waals surface area contributed by atoms with Crippen LogP contribution in [0.5, 0.6) is 0 Å². The minimum Gasteiger partial charge on any atom is -0.280 e. The van der Waals surface area contributed by atoms with E-state index >= 15 is 0 Å². The number of thiazole rings is 1. The molecule has 31 heavy (non-hydrogen) atoms. The van der Waals surface area contributed by atoms with Gasteiger partial charge in [-0.1, -0.05) is 23.5 Å². The molecule has 0 atom stereocenters. The van der Waals surface area contributed by atoms with Crippen molar-refractivity contribution >= 4 is 44.4 Å². The fourth-order valence-corrected chi connectivity index (χ4v) is 4.08. The lowest BCUT2D eigenvalue weighted by molar-refractivity contribution is -0.384. The molecule has 8 heteroatoms. The van der Waals surface area contributed by atoms with E-state index in [-0.39, 0.29) is 11.6 Å². The summed E-state index contributed by atoms with van der Waals surface area (Å²) in [7, 11) is 0. The number of fused-ring (bicyclic) bond motifs is 1. The number of hydrogen-bond donors (Lipinski definition) is 0. The molecule has 0 saturated carbocycles. The van der Waals surface area contributed by atoms with Crippen LogP contribution in [0.25, 0.3) is 16.3 Å². The molecule has 0 bridgehead atoms. The van der Waals surface area contributed by atoms with Crippen LogP contribution >= 0.6 is 11.3 Å². The lowest BCUT2D eigenvalue weighted by Gasteiger charge is -2.18. The number of hydrogen-bond acceptors (Lipinski definition) is 6. The summed E-state index contributed by atoms with van der Waals surface area (Å²) in [5, 5.41) is 11.4. The summed E-state index contributed by atoms with van der Waals surface area (Å²) in [5.41, 5.74) is 3.56. The van der Waals surface area contributed by atoms with E-state index in [2.05, 4.69) is 16.0 Å². The summed E-state index contributed by atoms with van der Waals surface area (Å²) in [5.74, 6) is -0.238. The fourth-order valence-electron chi connectivity index (χ4n) is 3.01. The van der Waals surface area contributed by atoms with Gasteiger partial charge in [0.1, 0.15) is 0 Å². The predicted octanol–water partition coefficient (Wildman–Crippen LogP) is 5.15. The lowest BCUT2D eigenvalue weighted by atomic mass is 10.2. The number of nitrogens with zero attached hydrogens (tertiary/aromatic N) is 4. The van der Waals surface area contributed by atoms with Gasteiger partial charge >= 0.3 is 0 Å². The Balaban J connectivity index is 1.64. The van der Waals surface area contributed by atoms with E-state index < -0.39 is 4.92 Å². The molecule has 0 spiro atoms. The van der Waals surface area contributed by atoms with E-state index in [4.69, 9.17) is 0 Å². The Morgan fingerprint density at radius 1 is 1.19 bits per heavy atom. The van der Waals surface area contributed by atoms with Crippen LogP contribution in [0.3, 0.4) is 0 Å². The topological polar surface area (TPSA) is 89.2 Å². The third-order valence-electron chi connectivity index (χ3n) is 4.62. The van der Waals surface area contributed by atoms with Gasteiger partial charge in [0.2, 0.25) is 0 Å². The SMILES string of the molecule is Cc1ccc2nc(N(Cc3cccnc3)C(=O)/C=C\c3ccc([N+](=O)[O-])cc3)sc2c1. The standard InChI is InChI=1S/C23H18N4O3S/c1-16-4-10-20-21(13-16)31-23(25-20)26(15-18-3-2-12-24-14-18)22(28)11-7-17-5-8-19(9-6-17)27(29)30/h2-14H,15H2,1H3/b11-7-. The van der Waals surface area contributed by atoms with Crippen molar-refractivity contribution in [2.24, 2.45) is 0 Å². The van der Waals surface area contributed by atoms with Crippen molar-refractivity contribution in [3.63, 3.8) is 0 Å². The molecule has 0 aliphatic heterocycles. The first-order valence-electron chi connectivity index (χ1n) is 9.50. The second-order valence-corrected chi connectivity index (χ2v) is 7.94. The second kappa shape index (κ2) is 8.85. The molecule has 7 nitrogen and oxygen atoms in total. The van der Waals surface area contributed by atoms with Crippen molar-refractivity contribution in [2.45, 2.75) is 13.5 Å². The van der Waals surface area contributed by atoms with Gasteiger partial charge in [-0.15, -0.1) is 0 Å². The first-order chi connectivity index (χ1) is 15.0. The van der Waals surface area contributed by atoms with Crippen LogP contribution in [0.2, 0.25) is 0 Å². The molecule has 0 radical (unpaired) electrons. The molecule has 0 aliphatic rings. The number of aryl methyl sites for hydroxylation is 1. The van der Waals surface area contributed by atoms with Crippen LogP contribution in [0.15, 0.2) is 73.1 Å². The highest BCUT2D eigenvalue weighted by Crippen LogP contribution is 2.30. The molecule has 0 N–H and O–H groups in total. The molecule has 0 aliphatic carbocycles. The first-order valence-corrected chi connectivity index (χ1v) is 10.3. The Morgan fingerprint density at radius 3 is 2.71 bits per heavy atom. The number of nitro groups is 1. The van der Waals surface area contributed by atoms with Gasteiger partial charge in [-0.05, 0) is 60.0 Å². The van der Waals surface area contributed by atoms with E-state index in [1.165, 1.54) is 29.5 Å². The van der Waals surface area contributed by atoms with Crippen LogP contribution in [-0.2, 0) is 11.3 Å². The predicted molar refractivity (Wildman–Crippen MR) is 122 cm³/mol. The van der Waals surface area contributed by atoms with Crippen LogP contribution in [0, 0.1) is 17.0 Å². The normalized spacial score (nSPS) is 11.1. The van der Waals surface area contributed by atoms with Gasteiger partial charge in [0.15, 0.2) is 5.13 Å². The van der Waals surface area contributed by atoms with Gasteiger partial charge < -0.3 is 0 Å². The maximum Gasteiger partial charge on any atom is 0.269 e. The zero-order valence-corrected chi connectivity index (χ0v) is 17.5. The number of anilines is 1. The van der Waals surface area contributed by atoms with Crippen LogP contribution in [-0.4, -0.2) is 20.8 Å². The third-order valence-corrected chi connectivity index (χ3v) is 5.66. The summed E-state index contributed by atoms with van der Waals surface area (Å²) in [6.45, 7) is 2.35. The molecule has 0 fully saturated rings. The van der Waals surface area contributed by atoms with Crippen molar-refractivity contribution in [2.75, 3.05) is 4.90 Å². The monoisotopic (exact) mass is 430 g/mol. The lowest BCUT2D eigenvalue weighted by Crippen LogP contribution is -2.28. The first kappa shape index (κ1) is 20.4. The maximum absolute atomic E-state index is 13.1. The van der Waals surface area contributed by atoms with Crippen molar-refractivity contribution < 1.29 is 9.72 Å². The minimum absolute atomic E-state index is 0.00597. The Morgan fingerprint density at radius 2 is 2.00 bits per heavy atom. The number of aromatic nitrogens is 2. The highest BCUT2D eigenvalue weighted by atomic mass is 32.1. The second-order valence-electron chi connectivity index (χ2n) is 6.94. The van der Waals surface area contributed by atoms with E-state index in [1.54, 1.807) is 35.5 Å². The van der Waals surface area contributed by atoms with Gasteiger partial charge in [0.05, 0.1) is 21.7 Å². The Hall–Kier alpha value is -3.91. The van der Waals surface area contributed by atoms with Crippen molar-refractivity contribution in [3.8, 4) is 0 Å². The number of pyridine rings is 1. The molecule has 1 amide bonds. The van der Waals surface area contributed by atoms with Crippen molar-refractivity contribution in [1.82, 2.24) is 9.97 Å². The number of nitro benzene ring substituents is 1. The van der Waals surface area contributed by atoms with Crippen molar-refractivity contribution in [3.05, 3.63) is 99.9 Å². The molecule has 4 aromatic rings. The summed E-state index contributed by atoms with van der Waals surface area (Å²) in [6, 6.07) is 15.8. The number of carbonyl (C=O) groups excluding carboxylic acids is 1. The van der Waals surface area contributed by atoms with E-state index in [0.717, 1.165) is 21.3 Å². The number of rotatable bonds is 6. The minimum atomic E-state index is -0.455. The Bertz CT molecular complexity index is 1270. The van der Waals surface area contributed by atoms with E-state index in [9.17, 15) is 14.9 Å². The zero-order valence-electron chi connectivity index (χ0n) is 16.6. The van der Waals surface area contributed by atoms with Gasteiger partial charge in [0.25, 0.3) is 11.6 Å². The van der Waals surface area contributed by atoms with Crippen LogP contribution in [0.1, 0.15) is 16.7 Å². The van der Waals surface area contributed by atoms with Gasteiger partial charge in [-0.25, -0.2) is 4.98 Å². The summed E-state index contributed by atoms with van der Waals surface area (Å²) < 4.78 is 1.01. The largest absolute Gasteiger partial charge is 0.280 e. The highest BCUT2D eigenvalue weighted by molar-refractivity contribution is 7.22. The van der Waals surface area contributed by atoms with Gasteiger partial charge in [0, 0.05) is 30.6 Å². The fraction of sp³-hybridized carbons (Fsp3) is 0.0870. The van der Waals surface area contributed by atoms with Crippen LogP contribution < -0.4 is 4.90 Å². The maximum atomic E-state index is 13.1. The van der Waals surface area contributed by atoms with Crippen molar-refractivity contribution in [1.29, 1.82) is 0 Å². The number of amides is 1. The number of carbonyl (C=O) groups is 1. The average Bonchev–Trinajstić information content (AvgIpc) is 3.19. The van der Waals surface area contributed by atoms with E-state index in [0.29, 0.717) is 17.2 Å². The van der Waals surface area contributed by atoms with Gasteiger partial charge in [-0.3, -0.25) is 24.8 Å². The molecule has 2 heterocycles. The molecular formula is C23H18N4O3S. The van der Waals surface area contributed by atoms with E-state index in [1.807, 2.05) is 31.2 Å². The van der Waals surface area contributed by atoms with Crippen LogP contribution in [0.4, 0.5) is 10.8 Å². The zero-order chi connectivity index (χ0) is 21.8. The Kier molecular flexibility index (Phi) is 5.81. The number of non-ortho nitro benzene ring substituents is 1. The third kappa shape index (κ3) is 4.81. The van der Waals surface area contributed by atoms with Gasteiger partial charge in [-0.2, -0.15) is 0 Å². The summed E-state index contributed by atoms with van der Waals surface area (Å²) in [4.78, 5) is 33.9. The highest BCUT2D eigenvalue weighted by Gasteiger charge is 2.18. The molecule has 0 saturated heterocycles. The number of benzene rings is 2. The smallest absolute Gasteiger partial charge is 0.269 e. The summed E-state index contributed by atoms with van der Waals surface area (Å²) in [6.07, 6.45) is 6.50. The molecule has 154 valence electrons. The molecule has 0 unspecified atom stereocenters. The average molecular weight is 430 g/mol. The molecule has 2 aromatic carbocycles. The Labute approximate surface area is 182 Å². The summed E-state index contributed by atoms with van der Waals surface area (Å²) >= 11 is 1.46. The molecular weight excluding hydrogens is 412 g/mol. The quantitative estimate of drug-likeness (QED) is 0.240. The molecule has 2 aromatic heterocycles.